The summed E-state index contributed by atoms with van der Waals surface area (Å²) in [5.74, 6) is -1.48. The van der Waals surface area contributed by atoms with Crippen LogP contribution in [0.25, 0.3) is 0 Å². The Morgan fingerprint density at radius 1 is 0.920 bits per heavy atom. The van der Waals surface area contributed by atoms with Gasteiger partial charge in [-0.1, -0.05) is 56.2 Å². The van der Waals surface area contributed by atoms with Crippen LogP contribution in [-0.4, -0.2) is 34.0 Å². The van der Waals surface area contributed by atoms with E-state index in [9.17, 15) is 9.90 Å². The molecule has 0 amide bonds. The molecular weight excluding hydrogens is 316 g/mol. The average molecular weight is 353 g/mol. The fourth-order valence-electron chi connectivity index (χ4n) is 2.52. The van der Waals surface area contributed by atoms with E-state index in [0.29, 0.717) is 6.42 Å². The first-order chi connectivity index (χ1) is 12.1. The number of aliphatic hydroxyl groups is 2. The first-order valence-electron chi connectivity index (χ1n) is 9.58. The minimum absolute atomic E-state index is 0.115. The molecule has 4 nitrogen and oxygen atoms in total. The van der Waals surface area contributed by atoms with Crippen molar-refractivity contribution in [2.45, 2.75) is 77.2 Å². The quantitative estimate of drug-likeness (QED) is 0.279. The number of hydrogen-bond acceptors (Lipinski definition) is 3. The lowest BCUT2D eigenvalue weighted by Gasteiger charge is -2.14. The maximum Gasteiger partial charge on any atom is 0.306 e. The highest BCUT2D eigenvalue weighted by Gasteiger charge is 2.20. The van der Waals surface area contributed by atoms with Gasteiger partial charge in [0.25, 0.3) is 0 Å². The van der Waals surface area contributed by atoms with Crippen molar-refractivity contribution in [3.05, 3.63) is 36.5 Å². The highest BCUT2D eigenvalue weighted by molar-refractivity contribution is 5.69. The number of hydrogen-bond donors (Lipinski definition) is 3. The van der Waals surface area contributed by atoms with Crippen LogP contribution in [0.2, 0.25) is 0 Å². The molecule has 2 unspecified atom stereocenters. The SMILES string of the molecule is CCCCC/C=C\C/C=C\C/C=C\CCCC(CC(O)CO)C(=O)O. The Kier molecular flexibility index (Phi) is 16.5. The van der Waals surface area contributed by atoms with Crippen LogP contribution < -0.4 is 0 Å². The molecule has 0 spiro atoms. The Morgan fingerprint density at radius 2 is 1.48 bits per heavy atom. The van der Waals surface area contributed by atoms with Gasteiger partial charge >= 0.3 is 5.97 Å². The normalized spacial score (nSPS) is 14.7. The molecule has 25 heavy (non-hydrogen) atoms. The molecular formula is C21H36O4. The molecule has 0 saturated carbocycles. The fourth-order valence-corrected chi connectivity index (χ4v) is 2.52. The molecule has 0 aromatic rings. The Balaban J connectivity index is 3.70. The van der Waals surface area contributed by atoms with Crippen LogP contribution in [0, 0.1) is 5.92 Å². The third kappa shape index (κ3) is 15.9. The minimum atomic E-state index is -0.942. The Labute approximate surface area is 153 Å². The second kappa shape index (κ2) is 17.4. The maximum absolute atomic E-state index is 11.1. The van der Waals surface area contributed by atoms with Gasteiger partial charge in [-0.25, -0.2) is 0 Å². The van der Waals surface area contributed by atoms with E-state index in [0.717, 1.165) is 25.7 Å². The van der Waals surface area contributed by atoms with Crippen LogP contribution in [0.15, 0.2) is 36.5 Å². The standard InChI is InChI=1S/C21H36O4/c1-2-3-4-5-6-7-8-9-10-11-12-13-14-15-16-19(21(24)25)17-20(23)18-22/h6-7,9-10,12-13,19-20,22-23H,2-5,8,11,14-18H2,1H3,(H,24,25)/b7-6-,10-9-,13-12-. The first-order valence-corrected chi connectivity index (χ1v) is 9.58. The van der Waals surface area contributed by atoms with Gasteiger partial charge in [0.05, 0.1) is 18.6 Å². The molecule has 2 atom stereocenters. The van der Waals surface area contributed by atoms with E-state index in [1.54, 1.807) is 0 Å². The Morgan fingerprint density at radius 3 is 2.00 bits per heavy atom. The summed E-state index contributed by atoms with van der Waals surface area (Å²) >= 11 is 0. The van der Waals surface area contributed by atoms with Crippen LogP contribution in [0.3, 0.4) is 0 Å². The van der Waals surface area contributed by atoms with Crippen molar-refractivity contribution in [3.63, 3.8) is 0 Å². The van der Waals surface area contributed by atoms with E-state index < -0.39 is 18.0 Å². The third-order valence-electron chi connectivity index (χ3n) is 4.06. The summed E-state index contributed by atoms with van der Waals surface area (Å²) in [6.07, 6.45) is 21.2. The molecule has 0 aliphatic rings. The molecule has 3 N–H and O–H groups in total. The summed E-state index contributed by atoms with van der Waals surface area (Å²) in [5, 5.41) is 27.2. The number of allylic oxidation sites excluding steroid dienone is 6. The van der Waals surface area contributed by atoms with E-state index in [1.165, 1.54) is 25.7 Å². The van der Waals surface area contributed by atoms with Crippen molar-refractivity contribution in [1.29, 1.82) is 0 Å². The van der Waals surface area contributed by atoms with Crippen LogP contribution in [0.5, 0.6) is 0 Å². The van der Waals surface area contributed by atoms with Crippen LogP contribution in [-0.2, 0) is 4.79 Å². The molecule has 4 heteroatoms. The first kappa shape index (κ1) is 23.6. The second-order valence-electron chi connectivity index (χ2n) is 6.42. The van der Waals surface area contributed by atoms with Crippen molar-refractivity contribution in [2.24, 2.45) is 5.92 Å². The zero-order chi connectivity index (χ0) is 18.8. The van der Waals surface area contributed by atoms with Gasteiger partial charge in [-0.2, -0.15) is 0 Å². The van der Waals surface area contributed by atoms with Crippen molar-refractivity contribution in [2.75, 3.05) is 6.61 Å². The number of rotatable bonds is 16. The molecule has 0 aromatic heterocycles. The highest BCUT2D eigenvalue weighted by atomic mass is 16.4. The average Bonchev–Trinajstić information content (AvgIpc) is 2.60. The molecule has 0 rings (SSSR count). The zero-order valence-corrected chi connectivity index (χ0v) is 15.6. The summed E-state index contributed by atoms with van der Waals surface area (Å²) < 4.78 is 0. The number of aliphatic carboxylic acids is 1. The largest absolute Gasteiger partial charge is 0.481 e. The topological polar surface area (TPSA) is 77.8 Å². The van der Waals surface area contributed by atoms with Crippen molar-refractivity contribution in [3.8, 4) is 0 Å². The molecule has 0 aliphatic carbocycles. The van der Waals surface area contributed by atoms with E-state index >= 15 is 0 Å². The summed E-state index contributed by atoms with van der Waals surface area (Å²) in [7, 11) is 0. The van der Waals surface area contributed by atoms with Gasteiger partial charge in [-0.05, 0) is 51.4 Å². The summed E-state index contributed by atoms with van der Waals surface area (Å²) in [5.41, 5.74) is 0. The van der Waals surface area contributed by atoms with E-state index in [1.807, 2.05) is 0 Å². The smallest absolute Gasteiger partial charge is 0.306 e. The maximum atomic E-state index is 11.1. The summed E-state index contributed by atoms with van der Waals surface area (Å²) in [6, 6.07) is 0. The third-order valence-corrected chi connectivity index (χ3v) is 4.06. The predicted octanol–water partition coefficient (Wildman–Crippen LogP) is 4.63. The number of carbonyl (C=O) groups is 1. The lowest BCUT2D eigenvalue weighted by molar-refractivity contribution is -0.143. The molecule has 0 bridgehead atoms. The van der Waals surface area contributed by atoms with Crippen LogP contribution >= 0.6 is 0 Å². The molecule has 0 radical (unpaired) electrons. The lowest BCUT2D eigenvalue weighted by atomic mass is 9.95. The van der Waals surface area contributed by atoms with Gasteiger partial charge < -0.3 is 15.3 Å². The van der Waals surface area contributed by atoms with E-state index in [2.05, 4.69) is 43.4 Å². The van der Waals surface area contributed by atoms with Gasteiger partial charge in [0.1, 0.15) is 0 Å². The fraction of sp³-hybridized carbons (Fsp3) is 0.667. The lowest BCUT2D eigenvalue weighted by Crippen LogP contribution is -2.23. The van der Waals surface area contributed by atoms with E-state index in [-0.39, 0.29) is 13.0 Å². The van der Waals surface area contributed by atoms with Crippen LogP contribution in [0.4, 0.5) is 0 Å². The number of unbranched alkanes of at least 4 members (excludes halogenated alkanes) is 4. The summed E-state index contributed by atoms with van der Waals surface area (Å²) in [4.78, 5) is 11.1. The highest BCUT2D eigenvalue weighted by Crippen LogP contribution is 2.16. The molecule has 0 aliphatic heterocycles. The van der Waals surface area contributed by atoms with Gasteiger partial charge in [0.15, 0.2) is 0 Å². The summed E-state index contributed by atoms with van der Waals surface area (Å²) in [6.45, 7) is 1.83. The monoisotopic (exact) mass is 352 g/mol. The second-order valence-corrected chi connectivity index (χ2v) is 6.42. The van der Waals surface area contributed by atoms with Gasteiger partial charge in [0, 0.05) is 0 Å². The minimum Gasteiger partial charge on any atom is -0.481 e. The Bertz CT molecular complexity index is 399. The van der Waals surface area contributed by atoms with Gasteiger partial charge in [0.2, 0.25) is 0 Å². The number of carboxylic acids is 1. The molecule has 0 fully saturated rings. The Hall–Kier alpha value is -1.39. The molecule has 144 valence electrons. The van der Waals surface area contributed by atoms with Gasteiger partial charge in [-0.15, -0.1) is 0 Å². The predicted molar refractivity (Wildman–Crippen MR) is 103 cm³/mol. The van der Waals surface area contributed by atoms with Crippen molar-refractivity contribution in [1.82, 2.24) is 0 Å². The van der Waals surface area contributed by atoms with Crippen molar-refractivity contribution < 1.29 is 20.1 Å². The van der Waals surface area contributed by atoms with Crippen molar-refractivity contribution >= 4 is 5.97 Å². The molecule has 0 heterocycles. The van der Waals surface area contributed by atoms with E-state index in [4.69, 9.17) is 10.2 Å². The molecule has 0 saturated heterocycles. The number of carboxylic acid groups (broad SMARTS) is 1. The van der Waals surface area contributed by atoms with Crippen LogP contribution in [0.1, 0.15) is 71.1 Å². The number of aliphatic hydroxyl groups excluding tert-OH is 2. The zero-order valence-electron chi connectivity index (χ0n) is 15.6. The van der Waals surface area contributed by atoms with Gasteiger partial charge in [-0.3, -0.25) is 4.79 Å². The molecule has 0 aromatic carbocycles.